The van der Waals surface area contributed by atoms with Crippen LogP contribution in [0.2, 0.25) is 0 Å². The molecule has 2 N–H and O–H groups in total. The van der Waals surface area contributed by atoms with Crippen LogP contribution in [0, 0.1) is 0 Å². The van der Waals surface area contributed by atoms with Crippen molar-refractivity contribution in [2.45, 2.75) is 18.9 Å². The SMILES string of the molecule is CN1CCC(Nc2cccc(NC(=O)c3ccccc3Br)c2)CC1. The van der Waals surface area contributed by atoms with Crippen molar-refractivity contribution in [3.8, 4) is 0 Å². The summed E-state index contributed by atoms with van der Waals surface area (Å²) in [5.74, 6) is -0.112. The van der Waals surface area contributed by atoms with Gasteiger partial charge in [-0.15, -0.1) is 0 Å². The molecule has 1 fully saturated rings. The van der Waals surface area contributed by atoms with Crippen LogP contribution in [-0.4, -0.2) is 37.0 Å². The van der Waals surface area contributed by atoms with Crippen molar-refractivity contribution in [2.24, 2.45) is 0 Å². The van der Waals surface area contributed by atoms with Crippen LogP contribution in [0.25, 0.3) is 0 Å². The zero-order valence-electron chi connectivity index (χ0n) is 13.8. The van der Waals surface area contributed by atoms with Crippen molar-refractivity contribution in [1.82, 2.24) is 4.90 Å². The van der Waals surface area contributed by atoms with E-state index in [4.69, 9.17) is 0 Å². The highest BCUT2D eigenvalue weighted by molar-refractivity contribution is 9.10. The van der Waals surface area contributed by atoms with Gasteiger partial charge in [0.25, 0.3) is 5.91 Å². The topological polar surface area (TPSA) is 44.4 Å². The van der Waals surface area contributed by atoms with E-state index in [9.17, 15) is 4.79 Å². The molecule has 0 atom stereocenters. The second-order valence-corrected chi connectivity index (χ2v) is 7.09. The molecule has 1 amide bonds. The number of benzene rings is 2. The van der Waals surface area contributed by atoms with Crippen LogP contribution in [0.3, 0.4) is 0 Å². The molecule has 126 valence electrons. The molecule has 0 bridgehead atoms. The van der Waals surface area contributed by atoms with Crippen molar-refractivity contribution in [3.05, 3.63) is 58.6 Å². The summed E-state index contributed by atoms with van der Waals surface area (Å²) in [5, 5.41) is 6.55. The predicted octanol–water partition coefficient (Wildman–Crippen LogP) is 4.21. The minimum atomic E-state index is -0.112. The Balaban J connectivity index is 1.65. The van der Waals surface area contributed by atoms with Crippen molar-refractivity contribution in [2.75, 3.05) is 30.8 Å². The standard InChI is InChI=1S/C19H22BrN3O/c1-23-11-9-14(10-12-23)21-15-5-4-6-16(13-15)22-19(24)17-7-2-3-8-18(17)20/h2-8,13-14,21H,9-12H2,1H3,(H,22,24). The Labute approximate surface area is 151 Å². The summed E-state index contributed by atoms with van der Waals surface area (Å²) in [6.07, 6.45) is 2.29. The molecule has 4 nitrogen and oxygen atoms in total. The van der Waals surface area contributed by atoms with Crippen molar-refractivity contribution in [3.63, 3.8) is 0 Å². The van der Waals surface area contributed by atoms with E-state index in [1.54, 1.807) is 6.07 Å². The van der Waals surface area contributed by atoms with Crippen LogP contribution in [0.5, 0.6) is 0 Å². The maximum absolute atomic E-state index is 12.4. The molecule has 3 rings (SSSR count). The van der Waals surface area contributed by atoms with E-state index >= 15 is 0 Å². The number of amides is 1. The average Bonchev–Trinajstić information content (AvgIpc) is 2.58. The highest BCUT2D eigenvalue weighted by Gasteiger charge is 2.16. The van der Waals surface area contributed by atoms with Crippen LogP contribution in [0.4, 0.5) is 11.4 Å². The van der Waals surface area contributed by atoms with E-state index in [0.29, 0.717) is 11.6 Å². The first-order valence-electron chi connectivity index (χ1n) is 8.23. The number of carbonyl (C=O) groups is 1. The number of piperidine rings is 1. The lowest BCUT2D eigenvalue weighted by Gasteiger charge is -2.30. The second kappa shape index (κ2) is 7.81. The highest BCUT2D eigenvalue weighted by Crippen LogP contribution is 2.21. The Hall–Kier alpha value is -1.85. The first-order valence-corrected chi connectivity index (χ1v) is 9.02. The van der Waals surface area contributed by atoms with Crippen molar-refractivity contribution >= 4 is 33.2 Å². The third kappa shape index (κ3) is 4.36. The van der Waals surface area contributed by atoms with Crippen molar-refractivity contribution < 1.29 is 4.79 Å². The zero-order chi connectivity index (χ0) is 16.9. The van der Waals surface area contributed by atoms with Gasteiger partial charge in [-0.2, -0.15) is 0 Å². The highest BCUT2D eigenvalue weighted by atomic mass is 79.9. The van der Waals surface area contributed by atoms with E-state index < -0.39 is 0 Å². The Kier molecular flexibility index (Phi) is 5.53. The largest absolute Gasteiger partial charge is 0.382 e. The molecule has 0 unspecified atom stereocenters. The number of nitrogens with one attached hydrogen (secondary N) is 2. The van der Waals surface area contributed by atoms with Gasteiger partial charge in [-0.25, -0.2) is 0 Å². The van der Waals surface area contributed by atoms with Crippen LogP contribution < -0.4 is 10.6 Å². The number of hydrogen-bond acceptors (Lipinski definition) is 3. The molecule has 24 heavy (non-hydrogen) atoms. The second-order valence-electron chi connectivity index (χ2n) is 6.24. The minimum absolute atomic E-state index is 0.112. The molecule has 1 aliphatic rings. The summed E-state index contributed by atoms with van der Waals surface area (Å²) >= 11 is 3.42. The molecule has 1 aliphatic heterocycles. The quantitative estimate of drug-likeness (QED) is 0.825. The summed E-state index contributed by atoms with van der Waals surface area (Å²) in [6, 6.07) is 15.8. The van der Waals surface area contributed by atoms with E-state index in [1.807, 2.05) is 42.5 Å². The lowest BCUT2D eigenvalue weighted by atomic mass is 10.1. The Bertz CT molecular complexity index is 711. The minimum Gasteiger partial charge on any atom is -0.382 e. The summed E-state index contributed by atoms with van der Waals surface area (Å²) in [7, 11) is 2.16. The van der Waals surface area contributed by atoms with E-state index in [-0.39, 0.29) is 5.91 Å². The number of likely N-dealkylation sites (tertiary alicyclic amines) is 1. The van der Waals surface area contributed by atoms with E-state index in [2.05, 4.69) is 38.5 Å². The van der Waals surface area contributed by atoms with Crippen LogP contribution >= 0.6 is 15.9 Å². The molecule has 0 aliphatic carbocycles. The first-order chi connectivity index (χ1) is 11.6. The fourth-order valence-electron chi connectivity index (χ4n) is 2.92. The summed E-state index contributed by atoms with van der Waals surface area (Å²) in [5.41, 5.74) is 2.48. The first kappa shape index (κ1) is 17.0. The normalized spacial score (nSPS) is 15.9. The van der Waals surface area contributed by atoms with Gasteiger partial charge in [0.1, 0.15) is 0 Å². The zero-order valence-corrected chi connectivity index (χ0v) is 15.3. The van der Waals surface area contributed by atoms with Gasteiger partial charge < -0.3 is 15.5 Å². The molecule has 0 aromatic heterocycles. The molecule has 5 heteroatoms. The molecule has 1 saturated heterocycles. The molecule has 1 heterocycles. The van der Waals surface area contributed by atoms with E-state index in [0.717, 1.165) is 41.8 Å². The smallest absolute Gasteiger partial charge is 0.256 e. The lowest BCUT2D eigenvalue weighted by molar-refractivity contribution is 0.102. The maximum Gasteiger partial charge on any atom is 0.256 e. The van der Waals surface area contributed by atoms with Gasteiger partial charge in [0.2, 0.25) is 0 Å². The fraction of sp³-hybridized carbons (Fsp3) is 0.316. The van der Waals surface area contributed by atoms with Gasteiger partial charge >= 0.3 is 0 Å². The fourth-order valence-corrected chi connectivity index (χ4v) is 3.38. The third-order valence-electron chi connectivity index (χ3n) is 4.33. The maximum atomic E-state index is 12.4. The molecule has 2 aromatic rings. The molecule has 0 saturated carbocycles. The van der Waals surface area contributed by atoms with Gasteiger partial charge in [-0.3, -0.25) is 4.79 Å². The van der Waals surface area contributed by atoms with Crippen molar-refractivity contribution in [1.29, 1.82) is 0 Å². The predicted molar refractivity (Wildman–Crippen MR) is 103 cm³/mol. The molecular weight excluding hydrogens is 366 g/mol. The van der Waals surface area contributed by atoms with Gasteiger partial charge in [-0.05, 0) is 79.2 Å². The number of nitrogens with zero attached hydrogens (tertiary/aromatic N) is 1. The molecular formula is C19H22BrN3O. The lowest BCUT2D eigenvalue weighted by Crippen LogP contribution is -2.36. The van der Waals surface area contributed by atoms with Crippen LogP contribution in [-0.2, 0) is 0 Å². The Morgan fingerprint density at radius 3 is 2.54 bits per heavy atom. The molecule has 0 spiro atoms. The average molecular weight is 388 g/mol. The van der Waals surface area contributed by atoms with Gasteiger partial charge in [-0.1, -0.05) is 18.2 Å². The Morgan fingerprint density at radius 2 is 1.79 bits per heavy atom. The van der Waals surface area contributed by atoms with Gasteiger partial charge in [0, 0.05) is 21.9 Å². The number of halogens is 1. The third-order valence-corrected chi connectivity index (χ3v) is 5.02. The number of anilines is 2. The summed E-state index contributed by atoms with van der Waals surface area (Å²) in [6.45, 7) is 2.24. The Morgan fingerprint density at radius 1 is 1.08 bits per heavy atom. The molecule has 0 radical (unpaired) electrons. The van der Waals surface area contributed by atoms with Gasteiger partial charge in [0.05, 0.1) is 5.56 Å². The monoisotopic (exact) mass is 387 g/mol. The van der Waals surface area contributed by atoms with Crippen LogP contribution in [0.15, 0.2) is 53.0 Å². The number of rotatable bonds is 4. The molecule has 2 aromatic carbocycles. The van der Waals surface area contributed by atoms with Gasteiger partial charge in [0.15, 0.2) is 0 Å². The van der Waals surface area contributed by atoms with Crippen LogP contribution in [0.1, 0.15) is 23.2 Å². The summed E-state index contributed by atoms with van der Waals surface area (Å²) in [4.78, 5) is 14.8. The number of hydrogen-bond donors (Lipinski definition) is 2. The van der Waals surface area contributed by atoms with E-state index in [1.165, 1.54) is 0 Å². The summed E-state index contributed by atoms with van der Waals surface area (Å²) < 4.78 is 0.795. The number of carbonyl (C=O) groups excluding carboxylic acids is 1.